The average Bonchev–Trinajstić information content (AvgIpc) is 3.63. The molecule has 6 rings (SSSR count). The number of halogens is 1. The molecule has 1 saturated carbocycles. The number of anilines is 1. The summed E-state index contributed by atoms with van der Waals surface area (Å²) in [5.41, 5.74) is 11.2. The molecule has 0 amide bonds. The Morgan fingerprint density at radius 3 is 2.57 bits per heavy atom. The molecule has 1 aliphatic heterocycles. The van der Waals surface area contributed by atoms with E-state index in [1.165, 1.54) is 11.1 Å². The van der Waals surface area contributed by atoms with E-state index in [9.17, 15) is 0 Å². The van der Waals surface area contributed by atoms with Crippen molar-refractivity contribution in [3.63, 3.8) is 0 Å². The second kappa shape index (κ2) is 10.2. The van der Waals surface area contributed by atoms with Gasteiger partial charge in [-0.2, -0.15) is 10.1 Å². The molecule has 42 heavy (non-hydrogen) atoms. The van der Waals surface area contributed by atoms with Gasteiger partial charge >= 0.3 is 0 Å². The maximum Gasteiger partial charge on any atom is 0.226 e. The first-order chi connectivity index (χ1) is 19.6. The molecule has 4 heterocycles. The maximum atomic E-state index is 6.59. The molecule has 2 aliphatic rings. The van der Waals surface area contributed by atoms with Crippen LogP contribution in [0.25, 0.3) is 22.3 Å². The summed E-state index contributed by atoms with van der Waals surface area (Å²) in [6.45, 7) is 15.9. The van der Waals surface area contributed by atoms with Gasteiger partial charge in [-0.05, 0) is 67.2 Å². The first kappa shape index (κ1) is 29.3. The number of fused-ring (bicyclic) bond motifs is 2. The van der Waals surface area contributed by atoms with Gasteiger partial charge in [-0.25, -0.2) is 4.98 Å². The molecule has 4 atom stereocenters. The Labute approximate surface area is 253 Å². The number of nitrogens with two attached hydrogens (primary N) is 1. The van der Waals surface area contributed by atoms with E-state index in [1.54, 1.807) is 4.68 Å². The summed E-state index contributed by atoms with van der Waals surface area (Å²) in [6.07, 6.45) is 4.44. The summed E-state index contributed by atoms with van der Waals surface area (Å²) >= 11 is 6.35. The number of rotatable bonds is 6. The topological polar surface area (TPSA) is 102 Å². The standard InChI is InChI=1S/C31H41ClN6O3Si/c1-30(2,3)42(7,8)39-17-18-10-9-11-19(14-18)20-15-23(26-25(20)40-31(4,5)41-26)38-16-21(22-12-13-37(6)36-22)24-27(33)34-29(32)35-28(24)38/h9-14,16,20,23,25-26H,15,17H2,1-8H3,(H2,33,34,35)/t20-,23-,25-,26+/m1/s1. The Balaban J connectivity index is 1.39. The normalized spacial score (nSPS) is 24.0. The second-order valence-electron chi connectivity index (χ2n) is 13.7. The minimum atomic E-state index is -1.88. The van der Waals surface area contributed by atoms with Crippen LogP contribution in [0.2, 0.25) is 23.4 Å². The monoisotopic (exact) mass is 608 g/mol. The van der Waals surface area contributed by atoms with Crippen LogP contribution in [0, 0.1) is 0 Å². The molecule has 2 fully saturated rings. The summed E-state index contributed by atoms with van der Waals surface area (Å²) in [6, 6.07) is 10.6. The molecule has 9 nitrogen and oxygen atoms in total. The Bertz CT molecular complexity index is 1640. The van der Waals surface area contributed by atoms with E-state index in [0.717, 1.165) is 23.1 Å². The quantitative estimate of drug-likeness (QED) is 0.189. The van der Waals surface area contributed by atoms with Gasteiger partial charge in [0, 0.05) is 30.9 Å². The van der Waals surface area contributed by atoms with Crippen LogP contribution in [-0.2, 0) is 27.6 Å². The number of nitrogen functional groups attached to an aromatic ring is 1. The zero-order valence-electron chi connectivity index (χ0n) is 25.7. The molecule has 224 valence electrons. The minimum absolute atomic E-state index is 0.0701. The highest BCUT2D eigenvalue weighted by atomic mass is 35.5. The third-order valence-corrected chi connectivity index (χ3v) is 13.9. The van der Waals surface area contributed by atoms with Crippen LogP contribution in [0.4, 0.5) is 5.82 Å². The SMILES string of the molecule is Cn1ccc(-c2cn([C@@H]3C[C@H](c4cccc(CO[Si](C)(C)C(C)(C)C)c4)[C@H]4OC(C)(C)O[C@H]43)c3nc(Cl)nc(N)c23)n1. The number of benzene rings is 1. The summed E-state index contributed by atoms with van der Waals surface area (Å²) in [4.78, 5) is 8.92. The summed E-state index contributed by atoms with van der Waals surface area (Å²) in [5.74, 6) is -0.276. The summed E-state index contributed by atoms with van der Waals surface area (Å²) in [7, 11) is 0.0122. The zero-order valence-corrected chi connectivity index (χ0v) is 27.4. The predicted molar refractivity (Wildman–Crippen MR) is 168 cm³/mol. The highest BCUT2D eigenvalue weighted by Gasteiger charge is 2.55. The van der Waals surface area contributed by atoms with Gasteiger partial charge in [0.15, 0.2) is 14.1 Å². The third kappa shape index (κ3) is 5.17. The lowest BCUT2D eigenvalue weighted by Crippen LogP contribution is -2.40. The molecule has 3 aromatic heterocycles. The maximum absolute atomic E-state index is 6.59. The molecule has 0 spiro atoms. The van der Waals surface area contributed by atoms with Crippen LogP contribution in [-0.4, -0.2) is 50.6 Å². The van der Waals surface area contributed by atoms with Crippen molar-refractivity contribution < 1.29 is 13.9 Å². The number of hydrogen-bond donors (Lipinski definition) is 1. The summed E-state index contributed by atoms with van der Waals surface area (Å²) < 4.78 is 23.7. The van der Waals surface area contributed by atoms with Gasteiger partial charge < -0.3 is 24.2 Å². The van der Waals surface area contributed by atoms with Gasteiger partial charge in [-0.3, -0.25) is 4.68 Å². The van der Waals surface area contributed by atoms with Gasteiger partial charge in [0.25, 0.3) is 0 Å². The second-order valence-corrected chi connectivity index (χ2v) is 18.8. The Kier molecular flexibility index (Phi) is 7.09. The molecule has 1 aliphatic carbocycles. The number of ether oxygens (including phenoxy) is 2. The van der Waals surface area contributed by atoms with Crippen molar-refractivity contribution in [1.29, 1.82) is 0 Å². The number of aryl methyl sites for hydroxylation is 1. The van der Waals surface area contributed by atoms with Crippen LogP contribution in [0.15, 0.2) is 42.7 Å². The molecular weight excluding hydrogens is 568 g/mol. The highest BCUT2D eigenvalue weighted by molar-refractivity contribution is 6.74. The van der Waals surface area contributed by atoms with Crippen molar-refractivity contribution in [2.24, 2.45) is 7.05 Å². The van der Waals surface area contributed by atoms with E-state index in [4.69, 9.17) is 31.2 Å². The van der Waals surface area contributed by atoms with Crippen molar-refractivity contribution in [2.45, 2.75) is 95.7 Å². The van der Waals surface area contributed by atoms with Gasteiger partial charge in [0.05, 0.1) is 29.8 Å². The van der Waals surface area contributed by atoms with Crippen molar-refractivity contribution in [1.82, 2.24) is 24.3 Å². The summed E-state index contributed by atoms with van der Waals surface area (Å²) in [5, 5.41) is 5.64. The molecular formula is C31H41ClN6O3Si. The van der Waals surface area contributed by atoms with E-state index >= 15 is 0 Å². The van der Waals surface area contributed by atoms with Crippen LogP contribution in [0.5, 0.6) is 0 Å². The average molecular weight is 609 g/mol. The zero-order chi connectivity index (χ0) is 30.2. The van der Waals surface area contributed by atoms with Gasteiger partial charge in [-0.1, -0.05) is 45.0 Å². The number of aromatic nitrogens is 5. The molecule has 4 aromatic rings. The Morgan fingerprint density at radius 2 is 1.88 bits per heavy atom. The predicted octanol–water partition coefficient (Wildman–Crippen LogP) is 6.84. The third-order valence-electron chi connectivity index (χ3n) is 9.24. The van der Waals surface area contributed by atoms with Crippen LogP contribution >= 0.6 is 11.6 Å². The van der Waals surface area contributed by atoms with E-state index in [2.05, 4.69) is 84.0 Å². The van der Waals surface area contributed by atoms with Gasteiger partial charge in [-0.15, -0.1) is 0 Å². The molecule has 11 heteroatoms. The Hall–Kier alpha value is -2.76. The van der Waals surface area contributed by atoms with Crippen molar-refractivity contribution in [2.75, 3.05) is 5.73 Å². The van der Waals surface area contributed by atoms with Gasteiger partial charge in [0.1, 0.15) is 17.6 Å². The lowest BCUT2D eigenvalue weighted by atomic mass is 9.94. The van der Waals surface area contributed by atoms with Crippen molar-refractivity contribution >= 4 is 36.8 Å². The lowest BCUT2D eigenvalue weighted by Gasteiger charge is -2.36. The van der Waals surface area contributed by atoms with E-state index in [0.29, 0.717) is 18.1 Å². The van der Waals surface area contributed by atoms with Crippen LogP contribution in [0.3, 0.4) is 0 Å². The van der Waals surface area contributed by atoms with Crippen molar-refractivity contribution in [3.05, 3.63) is 59.1 Å². The van der Waals surface area contributed by atoms with E-state index in [-0.39, 0.29) is 34.5 Å². The Morgan fingerprint density at radius 1 is 1.14 bits per heavy atom. The highest BCUT2D eigenvalue weighted by Crippen LogP contribution is 2.52. The molecule has 1 aromatic carbocycles. The largest absolute Gasteiger partial charge is 0.413 e. The fourth-order valence-corrected chi connectivity index (χ4v) is 7.23. The first-order valence-electron chi connectivity index (χ1n) is 14.6. The fraction of sp³-hybridized carbons (Fsp3) is 0.516. The molecule has 0 bridgehead atoms. The smallest absolute Gasteiger partial charge is 0.226 e. The molecule has 1 saturated heterocycles. The van der Waals surface area contributed by atoms with Crippen molar-refractivity contribution in [3.8, 4) is 11.3 Å². The fourth-order valence-electron chi connectivity index (χ4n) is 6.10. The van der Waals surface area contributed by atoms with Crippen LogP contribution in [0.1, 0.15) is 64.1 Å². The van der Waals surface area contributed by atoms with Gasteiger partial charge in [0.2, 0.25) is 5.28 Å². The molecule has 0 unspecified atom stereocenters. The van der Waals surface area contributed by atoms with E-state index in [1.807, 2.05) is 33.2 Å². The number of nitrogens with zero attached hydrogens (tertiary/aromatic N) is 5. The minimum Gasteiger partial charge on any atom is -0.413 e. The van der Waals surface area contributed by atoms with E-state index < -0.39 is 14.1 Å². The number of hydrogen-bond acceptors (Lipinski definition) is 7. The molecule has 0 radical (unpaired) electrons. The molecule has 2 N–H and O–H groups in total. The van der Waals surface area contributed by atoms with Crippen LogP contribution < -0.4 is 5.73 Å². The first-order valence-corrected chi connectivity index (χ1v) is 17.8. The lowest BCUT2D eigenvalue weighted by molar-refractivity contribution is -0.157.